The minimum atomic E-state index is -2.67. The van der Waals surface area contributed by atoms with Crippen LogP contribution < -0.4 is 31.3 Å². The Morgan fingerprint density at radius 1 is 0.471 bits per heavy atom. The Hall–Kier alpha value is -2.32. The lowest BCUT2D eigenvalue weighted by atomic mass is 10.3. The summed E-state index contributed by atoms with van der Waals surface area (Å²) in [4.78, 5) is 0. The number of hydrogen-bond acceptors (Lipinski definition) is 3. The van der Waals surface area contributed by atoms with E-state index < -0.39 is 14.6 Å². The second-order valence-electron chi connectivity index (χ2n) is 9.00. The first-order valence-corrected chi connectivity index (χ1v) is 16.4. The Labute approximate surface area is 206 Å². The molecular formula is C28H33BO3P2. The van der Waals surface area contributed by atoms with Crippen LogP contribution in [0.25, 0.3) is 0 Å². The Morgan fingerprint density at radius 2 is 0.618 bits per heavy atom. The molecule has 0 saturated heterocycles. The number of hydrogen-bond donors (Lipinski definition) is 1. The van der Waals surface area contributed by atoms with Crippen LogP contribution in [0.4, 0.5) is 0 Å². The van der Waals surface area contributed by atoms with Gasteiger partial charge in [0.25, 0.3) is 0 Å². The highest BCUT2D eigenvalue weighted by Crippen LogP contribution is 2.53. The van der Waals surface area contributed by atoms with Gasteiger partial charge in [-0.15, -0.1) is 0 Å². The van der Waals surface area contributed by atoms with E-state index in [-0.39, 0.29) is 7.26 Å². The lowest BCUT2D eigenvalue weighted by Crippen LogP contribution is -2.44. The van der Waals surface area contributed by atoms with Gasteiger partial charge in [0.2, 0.25) is 0 Å². The molecule has 6 heteroatoms. The molecule has 0 fully saturated rings. The maximum absolute atomic E-state index is 8.53. The lowest BCUT2D eigenvalue weighted by molar-refractivity contribution is -0.376. The summed E-state index contributed by atoms with van der Waals surface area (Å²) in [7, 11) is -4.96. The Kier molecular flexibility index (Phi) is 11.1. The molecule has 0 amide bonds. The van der Waals surface area contributed by atoms with Crippen LogP contribution in [0.15, 0.2) is 121 Å². The molecule has 0 aromatic heterocycles. The first-order chi connectivity index (χ1) is 16.2. The summed E-state index contributed by atoms with van der Waals surface area (Å²) in [5.74, 6) is 0. The summed E-state index contributed by atoms with van der Waals surface area (Å²) in [6.07, 6.45) is 0. The molecule has 0 radical (unpaired) electrons. The third kappa shape index (κ3) is 8.47. The van der Waals surface area contributed by atoms with E-state index in [0.717, 1.165) is 0 Å². The second-order valence-corrected chi connectivity index (χ2v) is 17.8. The Balaban J connectivity index is 0.000000391. The smallest absolute Gasteiger partial charge is 0.144 e. The summed E-state index contributed by atoms with van der Waals surface area (Å²) in [5, 5.41) is 29.6. The van der Waals surface area contributed by atoms with E-state index in [9.17, 15) is 0 Å². The topological polar surface area (TPSA) is 66.3 Å². The van der Waals surface area contributed by atoms with Crippen molar-refractivity contribution >= 4 is 43.1 Å². The van der Waals surface area contributed by atoms with Crippen LogP contribution in [0, 0.1) is 0 Å². The molecule has 34 heavy (non-hydrogen) atoms. The molecule has 176 valence electrons. The van der Waals surface area contributed by atoms with E-state index in [1.165, 1.54) is 21.2 Å². The van der Waals surface area contributed by atoms with Crippen molar-refractivity contribution in [2.75, 3.05) is 26.7 Å². The van der Waals surface area contributed by atoms with Gasteiger partial charge >= 0.3 is 0 Å². The van der Waals surface area contributed by atoms with Crippen molar-refractivity contribution in [1.29, 1.82) is 0 Å². The Morgan fingerprint density at radius 3 is 0.765 bits per heavy atom. The SMILES string of the molecule is C[P+](C)(C)C.[O-]B([O-])O.c1ccc([P+](c2ccccc2)(c2ccccc2)c2ccccc2)cc1. The summed E-state index contributed by atoms with van der Waals surface area (Å²) in [5.41, 5.74) is 0. The predicted molar refractivity (Wildman–Crippen MR) is 150 cm³/mol. The van der Waals surface area contributed by atoms with Gasteiger partial charge in [0.05, 0.1) is 7.32 Å². The summed E-state index contributed by atoms with van der Waals surface area (Å²) >= 11 is 0. The first kappa shape index (κ1) is 27.9. The van der Waals surface area contributed by atoms with Crippen molar-refractivity contribution in [3.63, 3.8) is 0 Å². The van der Waals surface area contributed by atoms with Crippen LogP contribution in [0.5, 0.6) is 0 Å². The van der Waals surface area contributed by atoms with E-state index in [1.54, 1.807) is 0 Å². The van der Waals surface area contributed by atoms with Gasteiger partial charge in [0, 0.05) is 33.9 Å². The van der Waals surface area contributed by atoms with Crippen LogP contribution in [-0.2, 0) is 0 Å². The summed E-state index contributed by atoms with van der Waals surface area (Å²) < 4.78 is 0. The van der Waals surface area contributed by atoms with Crippen molar-refractivity contribution in [3.05, 3.63) is 121 Å². The highest BCUT2D eigenvalue weighted by molar-refractivity contribution is 8.01. The van der Waals surface area contributed by atoms with Crippen molar-refractivity contribution in [1.82, 2.24) is 0 Å². The van der Waals surface area contributed by atoms with E-state index in [0.29, 0.717) is 0 Å². The fourth-order valence-corrected chi connectivity index (χ4v) is 7.77. The molecule has 0 spiro atoms. The largest absolute Gasteiger partial charge is 0.871 e. The molecule has 0 saturated carbocycles. The van der Waals surface area contributed by atoms with E-state index >= 15 is 0 Å². The second kappa shape index (κ2) is 13.5. The van der Waals surface area contributed by atoms with E-state index in [1.807, 2.05) is 0 Å². The van der Waals surface area contributed by atoms with Gasteiger partial charge in [-0.1, -0.05) is 72.8 Å². The van der Waals surface area contributed by atoms with Crippen LogP contribution in [-0.4, -0.2) is 39.0 Å². The lowest BCUT2D eigenvalue weighted by Gasteiger charge is -2.27. The average Bonchev–Trinajstić information content (AvgIpc) is 2.81. The number of rotatable bonds is 4. The summed E-state index contributed by atoms with van der Waals surface area (Å²) in [6, 6.07) is 43.8. The molecule has 0 bridgehead atoms. The minimum absolute atomic E-state index is 0.389. The minimum Gasteiger partial charge on any atom is -0.871 e. The maximum atomic E-state index is 8.53. The van der Waals surface area contributed by atoms with Gasteiger partial charge in [-0.2, -0.15) is 0 Å². The highest BCUT2D eigenvalue weighted by Gasteiger charge is 2.47. The van der Waals surface area contributed by atoms with Crippen molar-refractivity contribution < 1.29 is 15.1 Å². The molecule has 1 N–H and O–H groups in total. The third-order valence-electron chi connectivity index (χ3n) is 4.57. The first-order valence-electron chi connectivity index (χ1n) is 11.1. The van der Waals surface area contributed by atoms with Crippen molar-refractivity contribution in [3.8, 4) is 0 Å². The number of benzene rings is 4. The van der Waals surface area contributed by atoms with Gasteiger partial charge in [0.15, 0.2) is 0 Å². The summed E-state index contributed by atoms with van der Waals surface area (Å²) in [6.45, 7) is 9.19. The van der Waals surface area contributed by atoms with Crippen LogP contribution in [0.2, 0.25) is 0 Å². The van der Waals surface area contributed by atoms with E-state index in [4.69, 9.17) is 15.1 Å². The highest BCUT2D eigenvalue weighted by atomic mass is 31.2. The maximum Gasteiger partial charge on any atom is 0.144 e. The third-order valence-corrected chi connectivity index (χ3v) is 8.86. The zero-order valence-electron chi connectivity index (χ0n) is 20.3. The molecule has 4 aromatic rings. The zero-order chi connectivity index (χ0) is 25.0. The van der Waals surface area contributed by atoms with Gasteiger partial charge in [-0.05, 0) is 48.5 Å². The Bertz CT molecular complexity index is 900. The predicted octanol–water partition coefficient (Wildman–Crippen LogP) is 2.51. The van der Waals surface area contributed by atoms with Crippen LogP contribution >= 0.6 is 14.5 Å². The molecule has 0 aliphatic carbocycles. The molecule has 4 rings (SSSR count). The molecule has 4 aromatic carbocycles. The molecule has 0 atom stereocenters. The normalized spacial score (nSPS) is 10.8. The molecule has 0 heterocycles. The van der Waals surface area contributed by atoms with Crippen molar-refractivity contribution in [2.45, 2.75) is 0 Å². The molecule has 0 unspecified atom stereocenters. The van der Waals surface area contributed by atoms with Gasteiger partial charge in [-0.25, -0.2) is 0 Å². The quantitative estimate of drug-likeness (QED) is 0.353. The fraction of sp³-hybridized carbons (Fsp3) is 0.143. The molecular weight excluding hydrogens is 457 g/mol. The van der Waals surface area contributed by atoms with E-state index in [2.05, 4.69) is 148 Å². The standard InChI is InChI=1S/C24H20P.C4H12P.BHO3/c1-5-13-21(14-6-1)25(22-15-7-2-8-16-22,23-17-9-3-10-18-23)24-19-11-4-12-20-24;1-5(2,3)4;2-1(3)4/h1-20H;1-4H3;2H/q2*+1;-2. The van der Waals surface area contributed by atoms with Gasteiger partial charge < -0.3 is 15.1 Å². The van der Waals surface area contributed by atoms with Crippen LogP contribution in [0.3, 0.4) is 0 Å². The van der Waals surface area contributed by atoms with Gasteiger partial charge in [-0.3, -0.25) is 0 Å². The van der Waals surface area contributed by atoms with Crippen LogP contribution in [0.1, 0.15) is 0 Å². The van der Waals surface area contributed by atoms with Crippen molar-refractivity contribution in [2.24, 2.45) is 0 Å². The molecule has 0 aliphatic rings. The molecule has 3 nitrogen and oxygen atoms in total. The monoisotopic (exact) mass is 490 g/mol. The fourth-order valence-electron chi connectivity index (χ4n) is 3.50. The van der Waals surface area contributed by atoms with Gasteiger partial charge in [0.1, 0.15) is 28.5 Å². The average molecular weight is 490 g/mol. The zero-order valence-corrected chi connectivity index (χ0v) is 22.1. The molecule has 0 aliphatic heterocycles.